The topological polar surface area (TPSA) is 137 Å². The van der Waals surface area contributed by atoms with Crippen LogP contribution in [0.2, 0.25) is 0 Å². The van der Waals surface area contributed by atoms with Gasteiger partial charge in [-0.1, -0.05) is 18.2 Å². The number of morpholine rings is 1. The predicted molar refractivity (Wildman–Crippen MR) is 168 cm³/mol. The Morgan fingerprint density at radius 1 is 1.05 bits per heavy atom. The molecule has 1 atom stereocenters. The maximum Gasteiger partial charge on any atom is 0.254 e. The second-order valence-electron chi connectivity index (χ2n) is 11.2. The molecule has 6 heterocycles. The van der Waals surface area contributed by atoms with Gasteiger partial charge in [0.05, 0.1) is 30.8 Å². The van der Waals surface area contributed by atoms with Gasteiger partial charge in [0.2, 0.25) is 10.0 Å². The van der Waals surface area contributed by atoms with Gasteiger partial charge in [-0.15, -0.1) is 0 Å². The number of anilines is 2. The molecule has 2 saturated heterocycles. The Bertz CT molecular complexity index is 1800. The molecular formula is C31H34N8O4S. The maximum atomic E-state index is 13.4. The van der Waals surface area contributed by atoms with E-state index in [9.17, 15) is 13.2 Å². The summed E-state index contributed by atoms with van der Waals surface area (Å²) in [6, 6.07) is 13.5. The third kappa shape index (κ3) is 5.77. The van der Waals surface area contributed by atoms with Gasteiger partial charge in [0.15, 0.2) is 0 Å². The summed E-state index contributed by atoms with van der Waals surface area (Å²) in [7, 11) is -3.39. The molecule has 0 aliphatic carbocycles. The third-order valence-electron chi connectivity index (χ3n) is 8.42. The first kappa shape index (κ1) is 28.4. The van der Waals surface area contributed by atoms with Crippen LogP contribution >= 0.6 is 0 Å². The summed E-state index contributed by atoms with van der Waals surface area (Å²) in [5.41, 5.74) is 5.02. The van der Waals surface area contributed by atoms with Crippen LogP contribution in [-0.2, 0) is 21.3 Å². The lowest BCUT2D eigenvalue weighted by atomic mass is 10.0. The average molecular weight is 615 g/mol. The monoisotopic (exact) mass is 614 g/mol. The molecule has 0 spiro atoms. The summed E-state index contributed by atoms with van der Waals surface area (Å²) in [6.07, 6.45) is 6.41. The first-order valence-corrected chi connectivity index (χ1v) is 16.4. The highest BCUT2D eigenvalue weighted by atomic mass is 32.2. The number of nitrogens with zero attached hydrogens (tertiary/aromatic N) is 6. The summed E-state index contributed by atoms with van der Waals surface area (Å²) < 4.78 is 31.7. The molecule has 2 fully saturated rings. The van der Waals surface area contributed by atoms with E-state index in [4.69, 9.17) is 4.74 Å². The molecule has 1 amide bonds. The van der Waals surface area contributed by atoms with E-state index in [2.05, 4.69) is 36.2 Å². The first-order valence-electron chi connectivity index (χ1n) is 14.9. The number of aromatic nitrogens is 4. The van der Waals surface area contributed by atoms with Crippen LogP contribution in [-0.4, -0.2) is 95.4 Å². The quantitative estimate of drug-likeness (QED) is 0.322. The predicted octanol–water partition coefficient (Wildman–Crippen LogP) is 3.23. The highest BCUT2D eigenvalue weighted by Gasteiger charge is 2.35. The molecular weight excluding hydrogens is 580 g/mol. The number of carbonyl (C=O) groups excluding carboxylic acids is 1. The molecule has 0 saturated carbocycles. The fraction of sp³-hybridized carbons (Fsp3) is 0.355. The number of hydrogen-bond donors (Lipinski definition) is 2. The number of pyridine rings is 1. The minimum absolute atomic E-state index is 0.105. The highest BCUT2D eigenvalue weighted by molar-refractivity contribution is 7.92. The largest absolute Gasteiger partial charge is 0.379 e. The third-order valence-corrected chi connectivity index (χ3v) is 10.1. The summed E-state index contributed by atoms with van der Waals surface area (Å²) in [5.74, 6) is 0.816. The molecule has 2 N–H and O–H groups in total. The standard InChI is InChI=1S/C31H34N8O4S/c40-31(38-10-1-3-26(20-38)39-11-2-16-44(39,41)42)23-8-9-32-25(17-23)19-33-24-6-4-22(5-7-24)28-18-27-29(36-28)34-21-35-30(27)37-12-14-43-15-13-37/h2,4-9,16-18,21,26,33H,1,3,10-15,19-20H2,(H,34,35,36). The van der Waals surface area contributed by atoms with Gasteiger partial charge in [-0.05, 0) is 48.7 Å². The number of likely N-dealkylation sites (tertiary alicyclic amines) is 1. The minimum atomic E-state index is -3.39. The van der Waals surface area contributed by atoms with Gasteiger partial charge in [-0.2, -0.15) is 4.31 Å². The molecule has 44 heavy (non-hydrogen) atoms. The Kier molecular flexibility index (Phi) is 7.75. The van der Waals surface area contributed by atoms with Crippen molar-refractivity contribution in [1.29, 1.82) is 0 Å². The first-order chi connectivity index (χ1) is 21.4. The van der Waals surface area contributed by atoms with Crippen LogP contribution < -0.4 is 10.2 Å². The van der Waals surface area contributed by atoms with E-state index < -0.39 is 10.0 Å². The lowest BCUT2D eigenvalue weighted by molar-refractivity contribution is 0.0661. The van der Waals surface area contributed by atoms with E-state index in [-0.39, 0.29) is 11.9 Å². The zero-order chi connectivity index (χ0) is 30.1. The number of piperidine rings is 1. The van der Waals surface area contributed by atoms with Crippen molar-refractivity contribution < 1.29 is 17.9 Å². The van der Waals surface area contributed by atoms with E-state index >= 15 is 0 Å². The second-order valence-corrected chi connectivity index (χ2v) is 13.0. The Morgan fingerprint density at radius 2 is 1.89 bits per heavy atom. The Balaban J connectivity index is 0.993. The van der Waals surface area contributed by atoms with Crippen LogP contribution in [0, 0.1) is 0 Å². The number of aromatic amines is 1. The number of carbonyl (C=O) groups is 1. The van der Waals surface area contributed by atoms with Gasteiger partial charge in [0, 0.05) is 67.3 Å². The number of sulfonamides is 1. The summed E-state index contributed by atoms with van der Waals surface area (Å²) in [6.45, 7) is 4.81. The molecule has 0 radical (unpaired) electrons. The molecule has 0 bridgehead atoms. The molecule has 1 unspecified atom stereocenters. The number of rotatable bonds is 7. The molecule has 3 aliphatic heterocycles. The van der Waals surface area contributed by atoms with Crippen LogP contribution in [0.15, 0.2) is 66.5 Å². The lowest BCUT2D eigenvalue weighted by Gasteiger charge is -2.36. The van der Waals surface area contributed by atoms with Crippen LogP contribution in [0.4, 0.5) is 11.5 Å². The zero-order valence-electron chi connectivity index (χ0n) is 24.2. The van der Waals surface area contributed by atoms with E-state index in [1.54, 1.807) is 35.6 Å². The van der Waals surface area contributed by atoms with Gasteiger partial charge in [-0.25, -0.2) is 18.4 Å². The lowest BCUT2D eigenvalue weighted by Crippen LogP contribution is -2.50. The number of benzene rings is 1. The Morgan fingerprint density at radius 3 is 2.68 bits per heavy atom. The number of amides is 1. The Labute approximate surface area is 255 Å². The van der Waals surface area contributed by atoms with Crippen molar-refractivity contribution in [3.8, 4) is 11.3 Å². The highest BCUT2D eigenvalue weighted by Crippen LogP contribution is 2.30. The molecule has 7 rings (SSSR count). The minimum Gasteiger partial charge on any atom is -0.379 e. The van der Waals surface area contributed by atoms with Crippen molar-refractivity contribution in [2.45, 2.75) is 25.4 Å². The Hall–Kier alpha value is -4.33. The van der Waals surface area contributed by atoms with Crippen LogP contribution in [0.5, 0.6) is 0 Å². The van der Waals surface area contributed by atoms with Crippen LogP contribution in [0.1, 0.15) is 28.9 Å². The fourth-order valence-electron chi connectivity index (χ4n) is 6.14. The van der Waals surface area contributed by atoms with E-state index in [1.807, 2.05) is 24.3 Å². The SMILES string of the molecule is O=C(c1ccnc(CNc2ccc(-c3cc4c(N5CCOCC5)ncnc4[nH]3)cc2)c1)N1CCCC(N2CC=CS2(=O)=O)C1. The molecule has 4 aromatic rings. The number of hydrogen-bond acceptors (Lipinski definition) is 9. The number of nitrogens with one attached hydrogen (secondary N) is 2. The van der Waals surface area contributed by atoms with E-state index in [0.29, 0.717) is 45.0 Å². The number of fused-ring (bicyclic) bond motifs is 1. The van der Waals surface area contributed by atoms with E-state index in [0.717, 1.165) is 65.4 Å². The van der Waals surface area contributed by atoms with Crippen molar-refractivity contribution in [3.63, 3.8) is 0 Å². The van der Waals surface area contributed by atoms with E-state index in [1.165, 1.54) is 9.71 Å². The molecule has 1 aromatic carbocycles. The smallest absolute Gasteiger partial charge is 0.254 e. The summed E-state index contributed by atoms with van der Waals surface area (Å²) in [4.78, 5) is 34.2. The number of ether oxygens (including phenoxy) is 1. The molecule has 3 aliphatic rings. The summed E-state index contributed by atoms with van der Waals surface area (Å²) in [5, 5.41) is 5.64. The van der Waals surface area contributed by atoms with Crippen LogP contribution in [0.25, 0.3) is 22.3 Å². The second kappa shape index (κ2) is 12.0. The normalized spacial score (nSPS) is 20.3. The van der Waals surface area contributed by atoms with Crippen molar-refractivity contribution >= 4 is 38.5 Å². The molecule has 3 aromatic heterocycles. The van der Waals surface area contributed by atoms with Crippen molar-refractivity contribution in [2.24, 2.45) is 0 Å². The van der Waals surface area contributed by atoms with Gasteiger partial charge in [0.1, 0.15) is 17.8 Å². The van der Waals surface area contributed by atoms with Gasteiger partial charge in [-0.3, -0.25) is 9.78 Å². The summed E-state index contributed by atoms with van der Waals surface area (Å²) >= 11 is 0. The van der Waals surface area contributed by atoms with Crippen LogP contribution in [0.3, 0.4) is 0 Å². The van der Waals surface area contributed by atoms with Crippen molar-refractivity contribution in [2.75, 3.05) is 56.2 Å². The molecule has 13 heteroatoms. The number of H-pyrrole nitrogens is 1. The molecule has 228 valence electrons. The van der Waals surface area contributed by atoms with Gasteiger partial charge >= 0.3 is 0 Å². The van der Waals surface area contributed by atoms with Crippen molar-refractivity contribution in [1.82, 2.24) is 29.1 Å². The fourth-order valence-corrected chi connectivity index (χ4v) is 7.51. The maximum absolute atomic E-state index is 13.4. The molecule has 12 nitrogen and oxygen atoms in total. The average Bonchev–Trinajstić information content (AvgIpc) is 3.67. The van der Waals surface area contributed by atoms with Gasteiger partial charge < -0.3 is 24.8 Å². The van der Waals surface area contributed by atoms with Gasteiger partial charge in [0.25, 0.3) is 5.91 Å². The van der Waals surface area contributed by atoms with Crippen molar-refractivity contribution in [3.05, 3.63) is 77.7 Å². The zero-order valence-corrected chi connectivity index (χ0v) is 25.0.